The maximum Gasteiger partial charge on any atom is 0.337 e. The number of carbonyl (C=O) groups is 2. The van der Waals surface area contributed by atoms with Crippen LogP contribution in [0.4, 0.5) is 5.69 Å². The largest absolute Gasteiger partial charge is 0.488 e. The van der Waals surface area contributed by atoms with E-state index in [0.717, 1.165) is 15.6 Å². The van der Waals surface area contributed by atoms with Gasteiger partial charge in [0, 0.05) is 32.7 Å². The van der Waals surface area contributed by atoms with Crippen LogP contribution in [0, 0.1) is 0 Å². The van der Waals surface area contributed by atoms with E-state index in [-0.39, 0.29) is 12.5 Å². The lowest BCUT2D eigenvalue weighted by Crippen LogP contribution is -2.23. The van der Waals surface area contributed by atoms with Crippen molar-refractivity contribution in [1.82, 2.24) is 4.90 Å². The van der Waals surface area contributed by atoms with Crippen molar-refractivity contribution in [2.75, 3.05) is 14.2 Å². The molecule has 3 aromatic rings. The van der Waals surface area contributed by atoms with Crippen molar-refractivity contribution in [3.05, 3.63) is 96.8 Å². The minimum atomic E-state index is -0.424. The Kier molecular flexibility index (Phi) is 8.41. The van der Waals surface area contributed by atoms with Gasteiger partial charge >= 0.3 is 5.97 Å². The van der Waals surface area contributed by atoms with Crippen molar-refractivity contribution in [3.8, 4) is 5.75 Å². The van der Waals surface area contributed by atoms with Gasteiger partial charge in [-0.15, -0.1) is 0 Å². The number of nitrogens with zero attached hydrogens (tertiary/aromatic N) is 2. The van der Waals surface area contributed by atoms with Gasteiger partial charge < -0.3 is 9.47 Å². The first-order valence-electron chi connectivity index (χ1n) is 10.6. The van der Waals surface area contributed by atoms with Gasteiger partial charge in [-0.05, 0) is 72.4 Å². The summed E-state index contributed by atoms with van der Waals surface area (Å²) >= 11 is 17.0. The van der Waals surface area contributed by atoms with Gasteiger partial charge in [0.2, 0.25) is 0 Å². The molecule has 1 fully saturated rings. The lowest BCUT2D eigenvalue weighted by Gasteiger charge is -2.11. The third kappa shape index (κ3) is 6.13. The van der Waals surface area contributed by atoms with Crippen molar-refractivity contribution in [2.24, 2.45) is 4.99 Å². The summed E-state index contributed by atoms with van der Waals surface area (Å²) in [5, 5.41) is 1.58. The standard InChI is InChI=1S/C26H19BrCl2N2O4S/c1-31-24(32)23(36-26(31)30-20-8-4-15(5-9-20)25(33)34-2)12-17-11-18(27)6-10-22(17)35-14-16-3-7-19(28)13-21(16)29/h3-13H,14H2,1-2H3/b23-12-,30-26?. The number of rotatable bonds is 6. The molecule has 0 N–H and O–H groups in total. The summed E-state index contributed by atoms with van der Waals surface area (Å²) in [5.41, 5.74) is 2.55. The molecular weight excluding hydrogens is 587 g/mol. The number of amidine groups is 1. The number of halogens is 3. The SMILES string of the molecule is COC(=O)c1ccc(N=C2S/C(=C\c3cc(Br)ccc3OCc3ccc(Cl)cc3Cl)C(=O)N2C)cc1. The molecule has 0 bridgehead atoms. The molecule has 0 aromatic heterocycles. The van der Waals surface area contributed by atoms with Crippen LogP contribution in [0.25, 0.3) is 6.08 Å². The zero-order valence-corrected chi connectivity index (χ0v) is 23.0. The predicted octanol–water partition coefficient (Wildman–Crippen LogP) is 7.36. The zero-order chi connectivity index (χ0) is 25.8. The average Bonchev–Trinajstić information content (AvgIpc) is 3.12. The second-order valence-electron chi connectivity index (χ2n) is 7.61. The molecule has 1 saturated heterocycles. The Balaban J connectivity index is 1.57. The molecule has 6 nitrogen and oxygen atoms in total. The highest BCUT2D eigenvalue weighted by molar-refractivity contribution is 9.10. The Morgan fingerprint density at radius 3 is 2.56 bits per heavy atom. The van der Waals surface area contributed by atoms with E-state index in [4.69, 9.17) is 32.7 Å². The molecule has 0 unspecified atom stereocenters. The maximum atomic E-state index is 13.0. The lowest BCUT2D eigenvalue weighted by atomic mass is 10.1. The summed E-state index contributed by atoms with van der Waals surface area (Å²) < 4.78 is 11.6. The summed E-state index contributed by atoms with van der Waals surface area (Å²) in [5.74, 6) is -0.0134. The van der Waals surface area contributed by atoms with Crippen LogP contribution >= 0.6 is 50.9 Å². The summed E-state index contributed by atoms with van der Waals surface area (Å²) in [6.07, 6.45) is 1.77. The Bertz CT molecular complexity index is 1390. The third-order valence-corrected chi connectivity index (χ3v) is 7.31. The summed E-state index contributed by atoms with van der Waals surface area (Å²) in [4.78, 5) is 31.1. The smallest absolute Gasteiger partial charge is 0.337 e. The molecule has 10 heteroatoms. The maximum absolute atomic E-state index is 13.0. The minimum Gasteiger partial charge on any atom is -0.488 e. The number of methoxy groups -OCH3 is 1. The van der Waals surface area contributed by atoms with Crippen LogP contribution < -0.4 is 4.74 Å². The molecule has 1 amide bonds. The van der Waals surface area contributed by atoms with Crippen LogP contribution in [-0.2, 0) is 16.1 Å². The predicted molar refractivity (Wildman–Crippen MR) is 148 cm³/mol. The highest BCUT2D eigenvalue weighted by Gasteiger charge is 2.30. The molecule has 0 spiro atoms. The first-order chi connectivity index (χ1) is 17.2. The first-order valence-corrected chi connectivity index (χ1v) is 12.9. The number of carbonyl (C=O) groups excluding carboxylic acids is 2. The van der Waals surface area contributed by atoms with Crippen molar-refractivity contribution in [1.29, 1.82) is 0 Å². The fraction of sp³-hybridized carbons (Fsp3) is 0.115. The number of hydrogen-bond acceptors (Lipinski definition) is 6. The van der Waals surface area contributed by atoms with E-state index in [2.05, 4.69) is 20.9 Å². The van der Waals surface area contributed by atoms with Crippen LogP contribution in [0.1, 0.15) is 21.5 Å². The Morgan fingerprint density at radius 1 is 1.11 bits per heavy atom. The highest BCUT2D eigenvalue weighted by atomic mass is 79.9. The van der Waals surface area contributed by atoms with Crippen molar-refractivity contribution >= 4 is 79.7 Å². The monoisotopic (exact) mass is 604 g/mol. The highest BCUT2D eigenvalue weighted by Crippen LogP contribution is 2.36. The Hall–Kier alpha value is -2.78. The van der Waals surface area contributed by atoms with Crippen molar-refractivity contribution in [3.63, 3.8) is 0 Å². The summed E-state index contributed by atoms with van der Waals surface area (Å²) in [7, 11) is 2.99. The van der Waals surface area contributed by atoms with Gasteiger partial charge in [-0.1, -0.05) is 45.2 Å². The van der Waals surface area contributed by atoms with Gasteiger partial charge in [0.15, 0.2) is 5.17 Å². The van der Waals surface area contributed by atoms with Gasteiger partial charge in [0.1, 0.15) is 12.4 Å². The van der Waals surface area contributed by atoms with Gasteiger partial charge in [-0.25, -0.2) is 9.79 Å². The van der Waals surface area contributed by atoms with Gasteiger partial charge in [0.25, 0.3) is 5.91 Å². The second-order valence-corrected chi connectivity index (χ2v) is 10.4. The number of amides is 1. The van der Waals surface area contributed by atoms with Crippen LogP contribution in [0.5, 0.6) is 5.75 Å². The molecule has 0 saturated carbocycles. The normalized spacial score (nSPS) is 15.6. The molecule has 36 heavy (non-hydrogen) atoms. The number of ether oxygens (including phenoxy) is 2. The molecule has 1 heterocycles. The van der Waals surface area contributed by atoms with Gasteiger partial charge in [-0.2, -0.15) is 0 Å². The fourth-order valence-electron chi connectivity index (χ4n) is 3.25. The number of benzene rings is 3. The van der Waals surface area contributed by atoms with Crippen LogP contribution in [0.3, 0.4) is 0 Å². The zero-order valence-electron chi connectivity index (χ0n) is 19.1. The topological polar surface area (TPSA) is 68.2 Å². The average molecular weight is 606 g/mol. The number of likely N-dealkylation sites (N-methyl/N-ethyl adjacent to an activating group) is 1. The summed E-state index contributed by atoms with van der Waals surface area (Å²) in [6.45, 7) is 0.239. The van der Waals surface area contributed by atoms with Gasteiger partial charge in [0.05, 0.1) is 23.3 Å². The van der Waals surface area contributed by atoms with Crippen LogP contribution in [0.15, 0.2) is 75.0 Å². The lowest BCUT2D eigenvalue weighted by molar-refractivity contribution is -0.121. The minimum absolute atomic E-state index is 0.184. The number of esters is 1. The van der Waals surface area contributed by atoms with E-state index in [1.807, 2.05) is 24.3 Å². The van der Waals surface area contributed by atoms with Gasteiger partial charge in [-0.3, -0.25) is 9.69 Å². The molecular formula is C26H19BrCl2N2O4S. The van der Waals surface area contributed by atoms with Crippen LogP contribution in [-0.4, -0.2) is 36.1 Å². The fourth-order valence-corrected chi connectivity index (χ4v) is 5.07. The number of thioether (sulfide) groups is 1. The molecule has 1 aliphatic heterocycles. The Labute approximate surface area is 231 Å². The van der Waals surface area contributed by atoms with Crippen molar-refractivity contribution in [2.45, 2.75) is 6.61 Å². The van der Waals surface area contributed by atoms with E-state index in [0.29, 0.717) is 37.1 Å². The quantitative estimate of drug-likeness (QED) is 0.217. The molecule has 3 aromatic carbocycles. The third-order valence-electron chi connectivity index (χ3n) is 5.17. The van der Waals surface area contributed by atoms with E-state index < -0.39 is 5.97 Å². The van der Waals surface area contributed by atoms with Crippen molar-refractivity contribution < 1.29 is 19.1 Å². The summed E-state index contributed by atoms with van der Waals surface area (Å²) in [6, 6.07) is 17.4. The number of hydrogen-bond donors (Lipinski definition) is 0. The van der Waals surface area contributed by atoms with E-state index in [9.17, 15) is 9.59 Å². The molecule has 0 aliphatic carbocycles. The molecule has 1 aliphatic rings. The van der Waals surface area contributed by atoms with E-state index in [1.54, 1.807) is 49.5 Å². The number of aliphatic imine (C=N–C) groups is 1. The molecule has 0 radical (unpaired) electrons. The molecule has 184 valence electrons. The first kappa shape index (κ1) is 26.3. The molecule has 4 rings (SSSR count). The molecule has 0 atom stereocenters. The van der Waals surface area contributed by atoms with E-state index in [1.165, 1.54) is 23.8 Å². The second kappa shape index (κ2) is 11.5. The van der Waals surface area contributed by atoms with E-state index >= 15 is 0 Å². The van der Waals surface area contributed by atoms with Crippen LogP contribution in [0.2, 0.25) is 10.0 Å². The Morgan fingerprint density at radius 2 is 1.86 bits per heavy atom.